The van der Waals surface area contributed by atoms with Gasteiger partial charge in [-0.05, 0) is 31.4 Å². The first kappa shape index (κ1) is 15.0. The Labute approximate surface area is 110 Å². The lowest BCUT2D eigenvalue weighted by atomic mass is 10.0. The Balaban J connectivity index is 2.63. The van der Waals surface area contributed by atoms with Gasteiger partial charge in [0, 0.05) is 31.9 Å². The molecule has 0 saturated carbocycles. The number of rotatable bonds is 7. The zero-order valence-electron chi connectivity index (χ0n) is 12.1. The summed E-state index contributed by atoms with van der Waals surface area (Å²) in [4.78, 5) is 0. The van der Waals surface area contributed by atoms with E-state index < -0.39 is 0 Å². The highest BCUT2D eigenvalue weighted by atomic mass is 16.5. The molecule has 0 aliphatic carbocycles. The Kier molecular flexibility index (Phi) is 6.16. The van der Waals surface area contributed by atoms with Gasteiger partial charge in [0.25, 0.3) is 0 Å². The number of hydrogen-bond donors (Lipinski definition) is 1. The zero-order chi connectivity index (χ0) is 13.5. The van der Waals surface area contributed by atoms with Crippen LogP contribution < -0.4 is 10.1 Å². The van der Waals surface area contributed by atoms with Crippen molar-refractivity contribution >= 4 is 0 Å². The van der Waals surface area contributed by atoms with Crippen molar-refractivity contribution in [2.45, 2.75) is 26.8 Å². The molecule has 0 aromatic heterocycles. The maximum absolute atomic E-state index is 5.44. The van der Waals surface area contributed by atoms with Gasteiger partial charge in [-0.2, -0.15) is 0 Å². The zero-order valence-corrected chi connectivity index (χ0v) is 12.1. The Bertz CT molecular complexity index is 366. The van der Waals surface area contributed by atoms with Crippen LogP contribution in [0.25, 0.3) is 0 Å². The predicted molar refractivity (Wildman–Crippen MR) is 75.2 cm³/mol. The molecular formula is C15H25NO2. The van der Waals surface area contributed by atoms with E-state index in [4.69, 9.17) is 9.47 Å². The van der Waals surface area contributed by atoms with E-state index in [2.05, 4.69) is 44.3 Å². The van der Waals surface area contributed by atoms with Crippen LogP contribution in [0, 0.1) is 12.8 Å². The number of benzene rings is 1. The quantitative estimate of drug-likeness (QED) is 0.808. The van der Waals surface area contributed by atoms with Crippen LogP contribution in [-0.2, 0) is 4.74 Å². The van der Waals surface area contributed by atoms with E-state index in [0.29, 0.717) is 5.92 Å². The summed E-state index contributed by atoms with van der Waals surface area (Å²) < 4.78 is 10.6. The second kappa shape index (κ2) is 7.39. The minimum atomic E-state index is 0.278. The summed E-state index contributed by atoms with van der Waals surface area (Å²) in [6.45, 7) is 8.13. The van der Waals surface area contributed by atoms with Gasteiger partial charge in [0.15, 0.2) is 0 Å². The molecule has 0 radical (unpaired) electrons. The molecule has 3 heteroatoms. The predicted octanol–water partition coefficient (Wildman–Crippen LogP) is 2.94. The molecule has 0 fully saturated rings. The maximum atomic E-state index is 5.44. The van der Waals surface area contributed by atoms with Crippen molar-refractivity contribution in [1.29, 1.82) is 0 Å². The Hall–Kier alpha value is -1.06. The average Bonchev–Trinajstić information content (AvgIpc) is 2.36. The maximum Gasteiger partial charge on any atom is 0.123 e. The number of hydrogen-bond acceptors (Lipinski definition) is 3. The lowest BCUT2D eigenvalue weighted by Gasteiger charge is -2.20. The standard InChI is InChI=1S/C15H25NO2/c1-11-6-7-14(15(8-11)18-5)13(3)16-9-12(2)10-17-4/h6-8,12-13,16H,9-10H2,1-5H3. The summed E-state index contributed by atoms with van der Waals surface area (Å²) in [7, 11) is 3.46. The molecule has 2 unspecified atom stereocenters. The number of nitrogens with one attached hydrogen (secondary N) is 1. The van der Waals surface area contributed by atoms with Gasteiger partial charge in [0.2, 0.25) is 0 Å². The van der Waals surface area contributed by atoms with Gasteiger partial charge in [0.1, 0.15) is 5.75 Å². The van der Waals surface area contributed by atoms with Gasteiger partial charge >= 0.3 is 0 Å². The van der Waals surface area contributed by atoms with Crippen molar-refractivity contribution < 1.29 is 9.47 Å². The average molecular weight is 251 g/mol. The Morgan fingerprint density at radius 1 is 1.22 bits per heavy atom. The molecule has 0 amide bonds. The van der Waals surface area contributed by atoms with Crippen LogP contribution in [-0.4, -0.2) is 27.4 Å². The first-order chi connectivity index (χ1) is 8.58. The SMILES string of the molecule is COCC(C)CNC(C)c1ccc(C)cc1OC. The topological polar surface area (TPSA) is 30.5 Å². The van der Waals surface area contributed by atoms with Gasteiger partial charge in [0.05, 0.1) is 7.11 Å². The second-order valence-corrected chi connectivity index (χ2v) is 4.94. The minimum Gasteiger partial charge on any atom is -0.496 e. The van der Waals surface area contributed by atoms with Crippen LogP contribution in [0.4, 0.5) is 0 Å². The van der Waals surface area contributed by atoms with E-state index in [1.54, 1.807) is 14.2 Å². The highest BCUT2D eigenvalue weighted by molar-refractivity contribution is 5.38. The molecule has 0 saturated heterocycles. The largest absolute Gasteiger partial charge is 0.496 e. The second-order valence-electron chi connectivity index (χ2n) is 4.94. The van der Waals surface area contributed by atoms with Gasteiger partial charge in [-0.15, -0.1) is 0 Å². The summed E-state index contributed by atoms with van der Waals surface area (Å²) in [6, 6.07) is 6.60. The molecule has 3 nitrogen and oxygen atoms in total. The van der Waals surface area contributed by atoms with E-state index in [-0.39, 0.29) is 6.04 Å². The normalized spacial score (nSPS) is 14.3. The molecule has 1 N–H and O–H groups in total. The smallest absolute Gasteiger partial charge is 0.123 e. The summed E-state index contributed by atoms with van der Waals surface area (Å²) in [5.41, 5.74) is 2.42. The van der Waals surface area contributed by atoms with Crippen LogP contribution in [0.3, 0.4) is 0 Å². The van der Waals surface area contributed by atoms with Crippen molar-refractivity contribution in [3.63, 3.8) is 0 Å². The molecule has 1 rings (SSSR count). The third-order valence-corrected chi connectivity index (χ3v) is 3.08. The lowest BCUT2D eigenvalue weighted by Crippen LogP contribution is -2.26. The van der Waals surface area contributed by atoms with Crippen LogP contribution in [0.2, 0.25) is 0 Å². The molecular weight excluding hydrogens is 226 g/mol. The summed E-state index contributed by atoms with van der Waals surface area (Å²) >= 11 is 0. The minimum absolute atomic E-state index is 0.278. The number of ether oxygens (including phenoxy) is 2. The van der Waals surface area contributed by atoms with Crippen LogP contribution in [0.1, 0.15) is 31.0 Å². The molecule has 102 valence electrons. The van der Waals surface area contributed by atoms with Crippen LogP contribution >= 0.6 is 0 Å². The number of aryl methyl sites for hydroxylation is 1. The number of methoxy groups -OCH3 is 2. The van der Waals surface area contributed by atoms with Gasteiger partial charge < -0.3 is 14.8 Å². The third kappa shape index (κ3) is 4.31. The van der Waals surface area contributed by atoms with E-state index in [9.17, 15) is 0 Å². The fourth-order valence-corrected chi connectivity index (χ4v) is 2.01. The van der Waals surface area contributed by atoms with E-state index >= 15 is 0 Å². The van der Waals surface area contributed by atoms with E-state index in [1.807, 2.05) is 0 Å². The van der Waals surface area contributed by atoms with Crippen LogP contribution in [0.5, 0.6) is 5.75 Å². The Morgan fingerprint density at radius 2 is 1.94 bits per heavy atom. The third-order valence-electron chi connectivity index (χ3n) is 3.08. The van der Waals surface area contributed by atoms with Gasteiger partial charge in [-0.25, -0.2) is 0 Å². The van der Waals surface area contributed by atoms with Gasteiger partial charge in [-0.1, -0.05) is 19.1 Å². The van der Waals surface area contributed by atoms with Gasteiger partial charge in [-0.3, -0.25) is 0 Å². The fourth-order valence-electron chi connectivity index (χ4n) is 2.01. The van der Waals surface area contributed by atoms with Crippen LogP contribution in [0.15, 0.2) is 18.2 Å². The molecule has 18 heavy (non-hydrogen) atoms. The van der Waals surface area contributed by atoms with Crippen molar-refractivity contribution in [2.75, 3.05) is 27.4 Å². The van der Waals surface area contributed by atoms with Crippen molar-refractivity contribution in [3.05, 3.63) is 29.3 Å². The first-order valence-corrected chi connectivity index (χ1v) is 6.45. The lowest BCUT2D eigenvalue weighted by molar-refractivity contribution is 0.157. The molecule has 0 heterocycles. The summed E-state index contributed by atoms with van der Waals surface area (Å²) in [6.07, 6.45) is 0. The van der Waals surface area contributed by atoms with Crippen molar-refractivity contribution in [1.82, 2.24) is 5.32 Å². The monoisotopic (exact) mass is 251 g/mol. The van der Waals surface area contributed by atoms with Crippen molar-refractivity contribution in [3.8, 4) is 5.75 Å². The molecule has 0 aliphatic heterocycles. The molecule has 0 spiro atoms. The molecule has 0 aliphatic rings. The van der Waals surface area contributed by atoms with E-state index in [0.717, 1.165) is 18.9 Å². The highest BCUT2D eigenvalue weighted by Gasteiger charge is 2.12. The molecule has 1 aromatic rings. The summed E-state index contributed by atoms with van der Waals surface area (Å²) in [5.74, 6) is 1.46. The fraction of sp³-hybridized carbons (Fsp3) is 0.600. The highest BCUT2D eigenvalue weighted by Crippen LogP contribution is 2.26. The van der Waals surface area contributed by atoms with Crippen molar-refractivity contribution in [2.24, 2.45) is 5.92 Å². The summed E-state index contributed by atoms with van der Waals surface area (Å²) in [5, 5.41) is 3.52. The molecule has 2 atom stereocenters. The molecule has 1 aromatic carbocycles. The van der Waals surface area contributed by atoms with E-state index in [1.165, 1.54) is 11.1 Å². The molecule has 0 bridgehead atoms. The Morgan fingerprint density at radius 3 is 2.56 bits per heavy atom. The first-order valence-electron chi connectivity index (χ1n) is 6.45.